The van der Waals surface area contributed by atoms with Crippen molar-refractivity contribution in [2.24, 2.45) is 5.92 Å². The van der Waals surface area contributed by atoms with Gasteiger partial charge in [-0.15, -0.1) is 0 Å². The van der Waals surface area contributed by atoms with Crippen molar-refractivity contribution in [2.45, 2.75) is 25.4 Å². The zero-order valence-corrected chi connectivity index (χ0v) is 11.0. The highest BCUT2D eigenvalue weighted by Gasteiger charge is 2.33. The molecule has 110 valence electrons. The molecule has 1 fully saturated rings. The van der Waals surface area contributed by atoms with Crippen LogP contribution in [0.3, 0.4) is 0 Å². The lowest BCUT2D eigenvalue weighted by Crippen LogP contribution is -2.17. The van der Waals surface area contributed by atoms with Gasteiger partial charge < -0.3 is 10.6 Å². The molecule has 20 heavy (non-hydrogen) atoms. The minimum absolute atomic E-state index is 0.172. The van der Waals surface area contributed by atoms with E-state index in [2.05, 4.69) is 10.6 Å². The van der Waals surface area contributed by atoms with E-state index >= 15 is 0 Å². The van der Waals surface area contributed by atoms with E-state index in [1.165, 1.54) is 18.2 Å². The van der Waals surface area contributed by atoms with Crippen LogP contribution in [0, 0.1) is 5.92 Å². The van der Waals surface area contributed by atoms with Gasteiger partial charge in [-0.3, -0.25) is 4.79 Å². The van der Waals surface area contributed by atoms with Gasteiger partial charge in [0.25, 0.3) is 0 Å². The van der Waals surface area contributed by atoms with Crippen molar-refractivity contribution in [3.8, 4) is 0 Å². The van der Waals surface area contributed by atoms with Crippen molar-refractivity contribution in [1.82, 2.24) is 5.32 Å². The Balaban J connectivity index is 1.93. The van der Waals surface area contributed by atoms with Gasteiger partial charge in [0.1, 0.15) is 0 Å². The summed E-state index contributed by atoms with van der Waals surface area (Å²) in [6.45, 7) is 1.83. The van der Waals surface area contributed by atoms with Crippen LogP contribution in [0.4, 0.5) is 18.9 Å². The van der Waals surface area contributed by atoms with E-state index in [0.29, 0.717) is 12.3 Å². The van der Waals surface area contributed by atoms with Crippen molar-refractivity contribution in [1.29, 1.82) is 0 Å². The first kappa shape index (κ1) is 14.8. The molecule has 1 aromatic carbocycles. The van der Waals surface area contributed by atoms with Crippen molar-refractivity contribution in [3.63, 3.8) is 0 Å². The number of alkyl halides is 3. The summed E-state index contributed by atoms with van der Waals surface area (Å²) in [4.78, 5) is 11.7. The Kier molecular flexibility index (Phi) is 4.65. The number of halogens is 3. The molecule has 0 bridgehead atoms. The van der Waals surface area contributed by atoms with Gasteiger partial charge in [0.05, 0.1) is 11.3 Å². The van der Waals surface area contributed by atoms with Crippen molar-refractivity contribution < 1.29 is 18.0 Å². The largest absolute Gasteiger partial charge is 0.418 e. The third-order valence-electron chi connectivity index (χ3n) is 3.45. The maximum absolute atomic E-state index is 12.8. The number of rotatable bonds is 4. The number of hydrogen-bond acceptors (Lipinski definition) is 2. The van der Waals surface area contributed by atoms with Crippen molar-refractivity contribution in [3.05, 3.63) is 29.8 Å². The Morgan fingerprint density at radius 3 is 2.75 bits per heavy atom. The molecule has 1 aliphatic rings. The van der Waals surface area contributed by atoms with Gasteiger partial charge in [0, 0.05) is 6.42 Å². The first-order valence-electron chi connectivity index (χ1n) is 6.63. The second-order valence-corrected chi connectivity index (χ2v) is 4.99. The predicted octanol–water partition coefficient (Wildman–Crippen LogP) is 3.03. The van der Waals surface area contributed by atoms with Crippen LogP contribution in [0.15, 0.2) is 24.3 Å². The third-order valence-corrected chi connectivity index (χ3v) is 3.45. The molecule has 0 radical (unpaired) electrons. The number of nitrogens with one attached hydrogen (secondary N) is 2. The second kappa shape index (κ2) is 6.26. The van der Waals surface area contributed by atoms with Crippen molar-refractivity contribution in [2.75, 3.05) is 18.4 Å². The molecule has 0 spiro atoms. The molecule has 6 heteroatoms. The highest BCUT2D eigenvalue weighted by molar-refractivity contribution is 5.91. The number of hydrogen-bond donors (Lipinski definition) is 2. The molecular formula is C14H17F3N2O. The summed E-state index contributed by atoms with van der Waals surface area (Å²) in [5.41, 5.74) is -0.981. The summed E-state index contributed by atoms with van der Waals surface area (Å²) in [7, 11) is 0. The summed E-state index contributed by atoms with van der Waals surface area (Å²) in [6, 6.07) is 5.03. The Bertz CT molecular complexity index is 468. The van der Waals surface area contributed by atoms with E-state index < -0.39 is 11.7 Å². The smallest absolute Gasteiger partial charge is 0.326 e. The van der Waals surface area contributed by atoms with Crippen LogP contribution in [0.25, 0.3) is 0 Å². The van der Waals surface area contributed by atoms with Crippen LogP contribution in [-0.2, 0) is 11.0 Å². The Hall–Kier alpha value is -1.56. The lowest BCUT2D eigenvalue weighted by atomic mass is 10.0. The van der Waals surface area contributed by atoms with Crippen LogP contribution in [0.2, 0.25) is 0 Å². The molecule has 1 unspecified atom stereocenters. The molecule has 1 saturated heterocycles. The quantitative estimate of drug-likeness (QED) is 0.893. The molecule has 1 aromatic rings. The average molecular weight is 286 g/mol. The summed E-state index contributed by atoms with van der Waals surface area (Å²) in [5.74, 6) is 0.0761. The van der Waals surface area contributed by atoms with E-state index in [9.17, 15) is 18.0 Å². The normalized spacial score (nSPS) is 19.1. The van der Waals surface area contributed by atoms with Gasteiger partial charge >= 0.3 is 6.18 Å². The summed E-state index contributed by atoms with van der Waals surface area (Å²) in [5, 5.41) is 5.56. The monoisotopic (exact) mass is 286 g/mol. The lowest BCUT2D eigenvalue weighted by Gasteiger charge is -2.14. The molecular weight excluding hydrogens is 269 g/mol. The SMILES string of the molecule is O=C(CCC1CCNC1)Nc1ccccc1C(F)(F)F. The first-order chi connectivity index (χ1) is 9.47. The maximum Gasteiger partial charge on any atom is 0.418 e. The van der Waals surface area contributed by atoms with Crippen LogP contribution >= 0.6 is 0 Å². The van der Waals surface area contributed by atoms with Gasteiger partial charge in [-0.25, -0.2) is 0 Å². The van der Waals surface area contributed by atoms with Gasteiger partial charge in [-0.1, -0.05) is 12.1 Å². The number of carbonyl (C=O) groups excluding carboxylic acids is 1. The van der Waals surface area contributed by atoms with E-state index in [1.54, 1.807) is 0 Å². The number of amides is 1. The zero-order valence-electron chi connectivity index (χ0n) is 11.0. The minimum atomic E-state index is -4.46. The summed E-state index contributed by atoms with van der Waals surface area (Å²) in [6.07, 6.45) is -2.49. The van der Waals surface area contributed by atoms with Gasteiger partial charge in [-0.2, -0.15) is 13.2 Å². The lowest BCUT2D eigenvalue weighted by molar-refractivity contribution is -0.137. The molecule has 1 heterocycles. The molecule has 0 saturated carbocycles. The Labute approximate surface area is 115 Å². The Morgan fingerprint density at radius 1 is 1.35 bits per heavy atom. The van der Waals surface area contributed by atoms with Gasteiger partial charge in [-0.05, 0) is 44.0 Å². The predicted molar refractivity (Wildman–Crippen MR) is 70.3 cm³/mol. The highest BCUT2D eigenvalue weighted by Crippen LogP contribution is 2.34. The van der Waals surface area contributed by atoms with E-state index in [4.69, 9.17) is 0 Å². The van der Waals surface area contributed by atoms with Gasteiger partial charge in [0.2, 0.25) is 5.91 Å². The first-order valence-corrected chi connectivity index (χ1v) is 6.63. The summed E-state index contributed by atoms with van der Waals surface area (Å²) >= 11 is 0. The summed E-state index contributed by atoms with van der Waals surface area (Å²) < 4.78 is 38.3. The van der Waals surface area contributed by atoms with E-state index in [1.807, 2.05) is 0 Å². The molecule has 1 amide bonds. The average Bonchev–Trinajstić information content (AvgIpc) is 2.89. The topological polar surface area (TPSA) is 41.1 Å². The second-order valence-electron chi connectivity index (χ2n) is 4.99. The molecule has 2 rings (SSSR count). The maximum atomic E-state index is 12.8. The fourth-order valence-electron chi connectivity index (χ4n) is 2.35. The van der Waals surface area contributed by atoms with E-state index in [0.717, 1.165) is 25.6 Å². The molecule has 2 N–H and O–H groups in total. The van der Waals surface area contributed by atoms with E-state index in [-0.39, 0.29) is 18.0 Å². The molecule has 1 atom stereocenters. The molecule has 0 aliphatic carbocycles. The van der Waals surface area contributed by atoms with Crippen LogP contribution in [0.5, 0.6) is 0 Å². The number of carbonyl (C=O) groups is 1. The van der Waals surface area contributed by atoms with Crippen LogP contribution in [-0.4, -0.2) is 19.0 Å². The number of para-hydroxylation sites is 1. The fraction of sp³-hybridized carbons (Fsp3) is 0.500. The molecule has 1 aliphatic heterocycles. The third kappa shape index (κ3) is 3.96. The van der Waals surface area contributed by atoms with Crippen molar-refractivity contribution >= 4 is 11.6 Å². The van der Waals surface area contributed by atoms with Crippen LogP contribution < -0.4 is 10.6 Å². The number of benzene rings is 1. The molecule has 0 aromatic heterocycles. The Morgan fingerprint density at radius 2 is 2.10 bits per heavy atom. The fourth-order valence-corrected chi connectivity index (χ4v) is 2.35. The highest BCUT2D eigenvalue weighted by atomic mass is 19.4. The zero-order chi connectivity index (χ0) is 14.6. The van der Waals surface area contributed by atoms with Gasteiger partial charge in [0.15, 0.2) is 0 Å². The van der Waals surface area contributed by atoms with Crippen LogP contribution in [0.1, 0.15) is 24.8 Å². The standard InChI is InChI=1S/C14H17F3N2O/c15-14(16,17)11-3-1-2-4-12(11)19-13(20)6-5-10-7-8-18-9-10/h1-4,10,18H,5-9H2,(H,19,20). The number of anilines is 1. The minimum Gasteiger partial charge on any atom is -0.326 e. The molecule has 3 nitrogen and oxygen atoms in total.